The van der Waals surface area contributed by atoms with Gasteiger partial charge in [0.15, 0.2) is 0 Å². The first kappa shape index (κ1) is 32.6. The Morgan fingerprint density at radius 1 is 0.838 bits per heavy atom. The minimum Gasteiger partial charge on any atom is -0.369 e. The molecule has 0 aliphatic heterocycles. The van der Waals surface area contributed by atoms with Gasteiger partial charge in [-0.05, 0) is 12.0 Å². The number of carbonyl (C=O) groups excluding carboxylic acids is 3. The summed E-state index contributed by atoms with van der Waals surface area (Å²) < 4.78 is 0. The van der Waals surface area contributed by atoms with Crippen molar-refractivity contribution in [2.75, 3.05) is 7.05 Å². The van der Waals surface area contributed by atoms with Crippen molar-refractivity contribution in [3.8, 4) is 0 Å². The van der Waals surface area contributed by atoms with Crippen molar-refractivity contribution in [3.05, 3.63) is 35.9 Å². The summed E-state index contributed by atoms with van der Waals surface area (Å²) in [4.78, 5) is 37.1. The van der Waals surface area contributed by atoms with Gasteiger partial charge in [0.2, 0.25) is 17.7 Å². The van der Waals surface area contributed by atoms with Crippen LogP contribution in [0.4, 0.5) is 0 Å². The minimum atomic E-state index is -1.07. The molecule has 0 saturated heterocycles. The highest BCUT2D eigenvalue weighted by atomic mass is 16.5. The Morgan fingerprint density at radius 3 is 1.78 bits per heavy atom. The van der Waals surface area contributed by atoms with Gasteiger partial charge in [0.25, 0.3) is 0 Å². The minimum absolute atomic E-state index is 0.170. The second-order valence-electron chi connectivity index (χ2n) is 10.2. The summed E-state index contributed by atoms with van der Waals surface area (Å²) in [5.41, 5.74) is 6.37. The molecule has 3 amide bonds. The normalized spacial score (nSPS) is 12.6. The van der Waals surface area contributed by atoms with Crippen LogP contribution in [0, 0.1) is 5.92 Å². The zero-order valence-electron chi connectivity index (χ0n) is 23.3. The predicted octanol–water partition coefficient (Wildman–Crippen LogP) is 5.92. The molecule has 0 aliphatic rings. The number of hydrogen-bond donors (Lipinski definition) is 3. The lowest BCUT2D eigenvalue weighted by Gasteiger charge is -2.26. The molecule has 37 heavy (non-hydrogen) atoms. The number of nitrogens with one attached hydrogen (secondary N) is 1. The number of hydrogen-bond acceptors (Lipinski definition) is 4. The molecule has 1 aromatic carbocycles. The van der Waals surface area contributed by atoms with E-state index in [1.165, 1.54) is 77.7 Å². The van der Waals surface area contributed by atoms with E-state index < -0.39 is 29.7 Å². The van der Waals surface area contributed by atoms with Crippen LogP contribution in [0.15, 0.2) is 30.3 Å². The number of likely N-dealkylation sites (N-methyl/N-ethyl adjacent to an activating group) is 1. The second kappa shape index (κ2) is 20.6. The van der Waals surface area contributed by atoms with Gasteiger partial charge < -0.3 is 11.1 Å². The van der Waals surface area contributed by atoms with E-state index in [9.17, 15) is 19.6 Å². The van der Waals surface area contributed by atoms with Gasteiger partial charge in [0.05, 0.1) is 0 Å². The van der Waals surface area contributed by atoms with Gasteiger partial charge in [0.1, 0.15) is 6.04 Å². The van der Waals surface area contributed by atoms with Crippen molar-refractivity contribution in [2.45, 2.75) is 122 Å². The highest BCUT2D eigenvalue weighted by molar-refractivity contribution is 5.89. The number of nitrogens with two attached hydrogens (primary N) is 1. The molecule has 2 atom stereocenters. The Hall–Kier alpha value is -2.41. The van der Waals surface area contributed by atoms with Crippen molar-refractivity contribution < 1.29 is 19.6 Å². The molecule has 1 aromatic rings. The Balaban J connectivity index is 2.30. The van der Waals surface area contributed by atoms with Crippen LogP contribution >= 0.6 is 0 Å². The fraction of sp³-hybridized carbons (Fsp3) is 0.700. The molecule has 7 heteroatoms. The molecule has 210 valence electrons. The molecular weight excluding hydrogens is 466 g/mol. The summed E-state index contributed by atoms with van der Waals surface area (Å²) in [6, 6.07) is 8.11. The molecule has 1 unspecified atom stereocenters. The van der Waals surface area contributed by atoms with Crippen LogP contribution in [-0.2, 0) is 20.8 Å². The second-order valence-corrected chi connectivity index (χ2v) is 10.2. The maximum Gasteiger partial charge on any atom is 0.247 e. The first-order valence-corrected chi connectivity index (χ1v) is 14.5. The number of benzene rings is 1. The number of unbranched alkanes of at least 4 members (excludes halogenated alkanes) is 13. The number of amides is 3. The van der Waals surface area contributed by atoms with E-state index in [4.69, 9.17) is 5.73 Å². The van der Waals surface area contributed by atoms with Gasteiger partial charge in [-0.15, -0.1) is 0 Å². The molecule has 0 heterocycles. The van der Waals surface area contributed by atoms with Gasteiger partial charge in [-0.1, -0.05) is 127 Å². The van der Waals surface area contributed by atoms with Crippen molar-refractivity contribution in [1.29, 1.82) is 0 Å². The van der Waals surface area contributed by atoms with Gasteiger partial charge in [-0.25, -0.2) is 5.06 Å². The molecule has 0 saturated carbocycles. The van der Waals surface area contributed by atoms with Crippen LogP contribution in [0.3, 0.4) is 0 Å². The largest absolute Gasteiger partial charge is 0.369 e. The molecule has 0 bridgehead atoms. The van der Waals surface area contributed by atoms with Crippen LogP contribution in [-0.4, -0.2) is 41.1 Å². The number of hydroxylamine groups is 2. The highest BCUT2D eigenvalue weighted by Gasteiger charge is 2.31. The van der Waals surface area contributed by atoms with Gasteiger partial charge in [-0.2, -0.15) is 0 Å². The van der Waals surface area contributed by atoms with Crippen LogP contribution < -0.4 is 11.1 Å². The Labute approximate surface area is 224 Å². The van der Waals surface area contributed by atoms with Crippen LogP contribution in [0.25, 0.3) is 0 Å². The van der Waals surface area contributed by atoms with Gasteiger partial charge in [-0.3, -0.25) is 19.6 Å². The van der Waals surface area contributed by atoms with Crippen molar-refractivity contribution in [2.24, 2.45) is 11.7 Å². The number of nitrogens with zero attached hydrogens (tertiary/aromatic N) is 1. The lowest BCUT2D eigenvalue weighted by atomic mass is 9.95. The molecule has 0 spiro atoms. The van der Waals surface area contributed by atoms with E-state index in [1.54, 1.807) is 0 Å². The smallest absolute Gasteiger partial charge is 0.247 e. The van der Waals surface area contributed by atoms with Crippen molar-refractivity contribution in [1.82, 2.24) is 10.4 Å². The van der Waals surface area contributed by atoms with Crippen LogP contribution in [0.5, 0.6) is 0 Å². The van der Waals surface area contributed by atoms with Crippen LogP contribution in [0.1, 0.15) is 115 Å². The fourth-order valence-electron chi connectivity index (χ4n) is 4.70. The average Bonchev–Trinajstić information content (AvgIpc) is 2.90. The van der Waals surface area contributed by atoms with Gasteiger partial charge in [0, 0.05) is 25.8 Å². The molecule has 0 aromatic heterocycles. The van der Waals surface area contributed by atoms with E-state index in [-0.39, 0.29) is 12.8 Å². The summed E-state index contributed by atoms with van der Waals surface area (Å²) in [5.74, 6) is -2.33. The number of rotatable bonds is 22. The van der Waals surface area contributed by atoms with Crippen molar-refractivity contribution in [3.63, 3.8) is 0 Å². The maximum atomic E-state index is 12.7. The standard InChI is InChI=1S/C30H51N3O4/c1-3-4-5-6-7-8-9-10-11-12-13-14-15-19-22-26(29(31)35)24-28(34)33(37)27(30(36)32-2)23-25-20-17-16-18-21-25/h16-18,20-21,26-27,37H,3-15,19,22-24H2,1-2H3,(H2,31,35)(H,32,36)/t26?,27-/m0/s1. The third-order valence-electron chi connectivity index (χ3n) is 7.10. The highest BCUT2D eigenvalue weighted by Crippen LogP contribution is 2.19. The van der Waals surface area contributed by atoms with Gasteiger partial charge >= 0.3 is 0 Å². The predicted molar refractivity (Wildman–Crippen MR) is 149 cm³/mol. The third-order valence-corrected chi connectivity index (χ3v) is 7.10. The average molecular weight is 518 g/mol. The van der Waals surface area contributed by atoms with E-state index >= 15 is 0 Å². The summed E-state index contributed by atoms with van der Waals surface area (Å²) in [5, 5.41) is 13.5. The lowest BCUT2D eigenvalue weighted by molar-refractivity contribution is -0.181. The Morgan fingerprint density at radius 2 is 1.32 bits per heavy atom. The molecule has 0 fully saturated rings. The molecule has 4 N–H and O–H groups in total. The molecule has 1 rings (SSSR count). The van der Waals surface area contributed by atoms with E-state index in [0.29, 0.717) is 11.5 Å². The first-order valence-electron chi connectivity index (χ1n) is 14.5. The quantitative estimate of drug-likeness (QED) is 0.101. The zero-order valence-corrected chi connectivity index (χ0v) is 23.3. The topological polar surface area (TPSA) is 113 Å². The zero-order chi connectivity index (χ0) is 27.3. The third kappa shape index (κ3) is 14.8. The van der Waals surface area contributed by atoms with Crippen molar-refractivity contribution >= 4 is 17.7 Å². The summed E-state index contributed by atoms with van der Waals surface area (Å²) in [7, 11) is 1.46. The SMILES string of the molecule is CCCCCCCCCCCCCCCCC(CC(=O)N(O)[C@@H](Cc1ccccc1)C(=O)NC)C(N)=O. The van der Waals surface area contributed by atoms with E-state index in [2.05, 4.69) is 12.2 Å². The lowest BCUT2D eigenvalue weighted by Crippen LogP contribution is -2.49. The molecular formula is C30H51N3O4. The maximum absolute atomic E-state index is 12.7. The molecule has 7 nitrogen and oxygen atoms in total. The Bertz CT molecular complexity index is 756. The molecule has 0 radical (unpaired) electrons. The summed E-state index contributed by atoms with van der Waals surface area (Å²) >= 11 is 0. The van der Waals surface area contributed by atoms with Crippen LogP contribution in [0.2, 0.25) is 0 Å². The number of carbonyl (C=O) groups is 3. The van der Waals surface area contributed by atoms with E-state index in [1.807, 2.05) is 30.3 Å². The molecule has 0 aliphatic carbocycles. The summed E-state index contributed by atoms with van der Waals surface area (Å²) in [6.07, 6.45) is 17.9. The Kier molecular flexibility index (Phi) is 18.2. The summed E-state index contributed by atoms with van der Waals surface area (Å²) in [6.45, 7) is 2.25. The first-order chi connectivity index (χ1) is 17.9. The fourth-order valence-corrected chi connectivity index (χ4v) is 4.70. The van der Waals surface area contributed by atoms with E-state index in [0.717, 1.165) is 24.8 Å². The monoisotopic (exact) mass is 517 g/mol. The number of primary amides is 1.